The Kier molecular flexibility index (Phi) is 4.09. The van der Waals surface area contributed by atoms with Gasteiger partial charge in [-0.1, -0.05) is 32.0 Å². The summed E-state index contributed by atoms with van der Waals surface area (Å²) in [6.45, 7) is 6.19. The molecule has 104 valence electrons. The summed E-state index contributed by atoms with van der Waals surface area (Å²) < 4.78 is 0. The number of nitrogens with zero attached hydrogens (tertiary/aromatic N) is 1. The lowest BCUT2D eigenvalue weighted by Gasteiger charge is -2.13. The Balaban J connectivity index is 2.16. The summed E-state index contributed by atoms with van der Waals surface area (Å²) in [4.78, 5) is 15.3. The Morgan fingerprint density at radius 2 is 2.10 bits per heavy atom. The molecule has 0 saturated carbocycles. The van der Waals surface area contributed by atoms with Gasteiger partial charge in [0, 0.05) is 23.1 Å². The van der Waals surface area contributed by atoms with Crippen molar-refractivity contribution >= 4 is 16.8 Å². The maximum atomic E-state index is 12.0. The van der Waals surface area contributed by atoms with Crippen molar-refractivity contribution in [3.8, 4) is 6.07 Å². The second-order valence-corrected chi connectivity index (χ2v) is 5.34. The minimum atomic E-state index is -0.597. The second-order valence-electron chi connectivity index (χ2n) is 5.34. The monoisotopic (exact) mass is 269 g/mol. The number of carbonyl (C=O) groups excluding carboxylic acids is 1. The van der Waals surface area contributed by atoms with Gasteiger partial charge in [-0.15, -0.1) is 0 Å². The number of fused-ring (bicyclic) bond motifs is 1. The van der Waals surface area contributed by atoms with Gasteiger partial charge in [-0.05, 0) is 24.5 Å². The maximum Gasteiger partial charge on any atom is 0.237 e. The summed E-state index contributed by atoms with van der Waals surface area (Å²) in [5, 5.41) is 13.0. The van der Waals surface area contributed by atoms with Crippen molar-refractivity contribution in [2.45, 2.75) is 27.3 Å². The van der Waals surface area contributed by atoms with Gasteiger partial charge in [-0.25, -0.2) is 0 Å². The molecule has 1 atom stereocenters. The molecule has 2 N–H and O–H groups in total. The summed E-state index contributed by atoms with van der Waals surface area (Å²) in [7, 11) is 0. The van der Waals surface area contributed by atoms with Crippen LogP contribution in [-0.4, -0.2) is 10.9 Å². The van der Waals surface area contributed by atoms with E-state index >= 15 is 0 Å². The molecule has 0 bridgehead atoms. The fourth-order valence-electron chi connectivity index (χ4n) is 2.36. The third kappa shape index (κ3) is 2.67. The summed E-state index contributed by atoms with van der Waals surface area (Å²) in [6.07, 6.45) is 0. The minimum Gasteiger partial charge on any atom is -0.358 e. The molecular weight excluding hydrogens is 250 g/mol. The molecule has 20 heavy (non-hydrogen) atoms. The molecule has 0 spiro atoms. The van der Waals surface area contributed by atoms with Gasteiger partial charge in [0.05, 0.1) is 6.07 Å². The van der Waals surface area contributed by atoms with Crippen LogP contribution in [0.5, 0.6) is 0 Å². The average Bonchev–Trinajstić information content (AvgIpc) is 2.72. The highest BCUT2D eigenvalue weighted by Crippen LogP contribution is 2.21. The lowest BCUT2D eigenvalue weighted by atomic mass is 9.96. The number of H-pyrrole nitrogens is 1. The fourth-order valence-corrected chi connectivity index (χ4v) is 2.36. The molecule has 1 heterocycles. The number of nitriles is 1. The van der Waals surface area contributed by atoms with E-state index in [-0.39, 0.29) is 11.8 Å². The zero-order chi connectivity index (χ0) is 14.7. The highest BCUT2D eigenvalue weighted by atomic mass is 16.1. The molecule has 0 radical (unpaired) electrons. The normalized spacial score (nSPS) is 12.3. The lowest BCUT2D eigenvalue weighted by Crippen LogP contribution is -2.32. The highest BCUT2D eigenvalue weighted by molar-refractivity contribution is 5.86. The summed E-state index contributed by atoms with van der Waals surface area (Å²) >= 11 is 0. The zero-order valence-electron chi connectivity index (χ0n) is 12.0. The van der Waals surface area contributed by atoms with Crippen molar-refractivity contribution in [3.05, 3.63) is 35.5 Å². The standard InChI is InChI=1S/C16H19N3O/c1-10(2)13(8-17)16(20)18-9-14-11(3)19-15-7-5-4-6-12(14)15/h4-7,10,13,19H,9H2,1-3H3,(H,18,20). The van der Waals surface area contributed by atoms with Gasteiger partial charge in [0.2, 0.25) is 5.91 Å². The minimum absolute atomic E-state index is 0.0177. The van der Waals surface area contributed by atoms with Crippen molar-refractivity contribution in [3.63, 3.8) is 0 Å². The number of benzene rings is 1. The first-order chi connectivity index (χ1) is 9.54. The largest absolute Gasteiger partial charge is 0.358 e. The molecule has 4 nitrogen and oxygen atoms in total. The highest BCUT2D eigenvalue weighted by Gasteiger charge is 2.21. The first-order valence-electron chi connectivity index (χ1n) is 6.78. The molecule has 0 fully saturated rings. The Morgan fingerprint density at radius 3 is 2.75 bits per heavy atom. The number of hydrogen-bond acceptors (Lipinski definition) is 2. The molecule has 1 aromatic heterocycles. The topological polar surface area (TPSA) is 68.7 Å². The Labute approximate surface area is 118 Å². The van der Waals surface area contributed by atoms with Crippen molar-refractivity contribution in [2.75, 3.05) is 0 Å². The quantitative estimate of drug-likeness (QED) is 0.896. The SMILES string of the molecule is Cc1[nH]c2ccccc2c1CNC(=O)C(C#N)C(C)C. The molecule has 0 aliphatic heterocycles. The Hall–Kier alpha value is -2.28. The van der Waals surface area contributed by atoms with Crippen molar-refractivity contribution in [2.24, 2.45) is 11.8 Å². The first kappa shape index (κ1) is 14.1. The van der Waals surface area contributed by atoms with E-state index in [4.69, 9.17) is 5.26 Å². The number of nitrogens with one attached hydrogen (secondary N) is 2. The Morgan fingerprint density at radius 1 is 1.40 bits per heavy atom. The van der Waals surface area contributed by atoms with Gasteiger partial charge in [-0.3, -0.25) is 4.79 Å². The number of aryl methyl sites for hydroxylation is 1. The van der Waals surface area contributed by atoms with E-state index < -0.39 is 5.92 Å². The molecule has 2 rings (SSSR count). The van der Waals surface area contributed by atoms with E-state index in [1.54, 1.807) is 0 Å². The molecule has 2 aromatic rings. The smallest absolute Gasteiger partial charge is 0.237 e. The van der Waals surface area contributed by atoms with E-state index in [1.807, 2.05) is 45.0 Å². The number of carbonyl (C=O) groups is 1. The zero-order valence-corrected chi connectivity index (χ0v) is 12.0. The van der Waals surface area contributed by atoms with Crippen molar-refractivity contribution in [1.29, 1.82) is 5.26 Å². The van der Waals surface area contributed by atoms with E-state index in [2.05, 4.69) is 16.4 Å². The molecule has 1 unspecified atom stereocenters. The predicted octanol–water partition coefficient (Wildman–Crippen LogP) is 2.89. The summed E-state index contributed by atoms with van der Waals surface area (Å²) in [5.74, 6) is -0.781. The molecule has 0 aliphatic carbocycles. The van der Waals surface area contributed by atoms with Crippen LogP contribution in [-0.2, 0) is 11.3 Å². The second kappa shape index (κ2) is 5.79. The van der Waals surface area contributed by atoms with E-state index in [9.17, 15) is 4.79 Å². The number of para-hydroxylation sites is 1. The summed E-state index contributed by atoms with van der Waals surface area (Å²) in [6, 6.07) is 10.1. The third-order valence-corrected chi connectivity index (χ3v) is 3.55. The third-order valence-electron chi connectivity index (χ3n) is 3.55. The number of aromatic amines is 1. The van der Waals surface area contributed by atoms with Gasteiger partial charge in [0.25, 0.3) is 0 Å². The molecule has 0 aliphatic rings. The van der Waals surface area contributed by atoms with Crippen LogP contribution in [0.4, 0.5) is 0 Å². The molecule has 1 amide bonds. The van der Waals surface area contributed by atoms with Crippen LogP contribution in [0.1, 0.15) is 25.1 Å². The van der Waals surface area contributed by atoms with Gasteiger partial charge < -0.3 is 10.3 Å². The van der Waals surface area contributed by atoms with Crippen molar-refractivity contribution in [1.82, 2.24) is 10.3 Å². The predicted molar refractivity (Wildman–Crippen MR) is 78.8 cm³/mol. The van der Waals surface area contributed by atoms with Gasteiger partial charge in [-0.2, -0.15) is 5.26 Å². The number of rotatable bonds is 4. The maximum absolute atomic E-state index is 12.0. The van der Waals surface area contributed by atoms with Crippen LogP contribution in [0.3, 0.4) is 0 Å². The average molecular weight is 269 g/mol. The van der Waals surface area contributed by atoms with E-state index in [1.165, 1.54) is 0 Å². The van der Waals surface area contributed by atoms with Gasteiger partial charge in [0.15, 0.2) is 0 Å². The van der Waals surface area contributed by atoms with Gasteiger partial charge >= 0.3 is 0 Å². The van der Waals surface area contributed by atoms with Crippen LogP contribution < -0.4 is 5.32 Å². The van der Waals surface area contributed by atoms with E-state index in [0.717, 1.165) is 22.2 Å². The number of amides is 1. The molecule has 4 heteroatoms. The number of hydrogen-bond donors (Lipinski definition) is 2. The molecule has 0 saturated heterocycles. The van der Waals surface area contributed by atoms with E-state index in [0.29, 0.717) is 6.54 Å². The Bertz CT molecular complexity index is 664. The van der Waals surface area contributed by atoms with Crippen LogP contribution in [0.2, 0.25) is 0 Å². The molecule has 1 aromatic carbocycles. The van der Waals surface area contributed by atoms with Crippen LogP contribution in [0.15, 0.2) is 24.3 Å². The van der Waals surface area contributed by atoms with Gasteiger partial charge in [0.1, 0.15) is 5.92 Å². The number of aromatic nitrogens is 1. The van der Waals surface area contributed by atoms with Crippen LogP contribution >= 0.6 is 0 Å². The first-order valence-corrected chi connectivity index (χ1v) is 6.78. The van der Waals surface area contributed by atoms with Crippen LogP contribution in [0, 0.1) is 30.1 Å². The molecular formula is C16H19N3O. The van der Waals surface area contributed by atoms with Crippen LogP contribution in [0.25, 0.3) is 10.9 Å². The lowest BCUT2D eigenvalue weighted by molar-refractivity contribution is -0.124. The fraction of sp³-hybridized carbons (Fsp3) is 0.375. The summed E-state index contributed by atoms with van der Waals surface area (Å²) in [5.41, 5.74) is 3.19. The van der Waals surface area contributed by atoms with Crippen molar-refractivity contribution < 1.29 is 4.79 Å².